The molecule has 1 aliphatic rings. The van der Waals surface area contributed by atoms with E-state index in [1.165, 1.54) is 6.92 Å². The van der Waals surface area contributed by atoms with Crippen LogP contribution < -0.4 is 10.6 Å². The van der Waals surface area contributed by atoms with Crippen molar-refractivity contribution in [3.8, 4) is 0 Å². The van der Waals surface area contributed by atoms with Gasteiger partial charge in [0.05, 0.1) is 5.25 Å². The van der Waals surface area contributed by atoms with E-state index in [1.54, 1.807) is 0 Å². The van der Waals surface area contributed by atoms with E-state index in [4.69, 9.17) is 0 Å². The molecule has 1 aromatic heterocycles. The summed E-state index contributed by atoms with van der Waals surface area (Å²) < 4.78 is 37.6. The number of urea groups is 1. The summed E-state index contributed by atoms with van der Waals surface area (Å²) in [5.74, 6) is -0.621. The molecule has 22 heavy (non-hydrogen) atoms. The number of amides is 3. The summed E-state index contributed by atoms with van der Waals surface area (Å²) in [5, 5.41) is 3.71. The maximum absolute atomic E-state index is 12.5. The summed E-state index contributed by atoms with van der Waals surface area (Å²) in [5.41, 5.74) is -1.08. The van der Waals surface area contributed by atoms with E-state index in [1.807, 2.05) is 0 Å². The number of nitrogens with one attached hydrogen (secondary N) is 2. The van der Waals surface area contributed by atoms with Crippen LogP contribution in [0.1, 0.15) is 25.5 Å². The summed E-state index contributed by atoms with van der Waals surface area (Å²) in [7, 11) is 0. The molecule has 0 bridgehead atoms. The highest BCUT2D eigenvalue weighted by Crippen LogP contribution is 2.29. The molecule has 0 aliphatic heterocycles. The van der Waals surface area contributed by atoms with Crippen molar-refractivity contribution in [1.29, 1.82) is 0 Å². The van der Waals surface area contributed by atoms with Crippen molar-refractivity contribution in [2.75, 3.05) is 0 Å². The quantitative estimate of drug-likeness (QED) is 0.650. The third-order valence-electron chi connectivity index (χ3n) is 2.72. The highest BCUT2D eigenvalue weighted by molar-refractivity contribution is 8.00. The van der Waals surface area contributed by atoms with Crippen molar-refractivity contribution in [3.63, 3.8) is 0 Å². The second kappa shape index (κ2) is 6.51. The van der Waals surface area contributed by atoms with Crippen molar-refractivity contribution in [1.82, 2.24) is 20.6 Å². The van der Waals surface area contributed by atoms with E-state index < -0.39 is 29.1 Å². The van der Waals surface area contributed by atoms with Crippen LogP contribution in [0.2, 0.25) is 0 Å². The first-order valence-corrected chi connectivity index (χ1v) is 7.32. The molecule has 6 nitrogen and oxygen atoms in total. The number of carbonyl (C=O) groups excluding carboxylic acids is 2. The molecule has 0 aromatic carbocycles. The molecule has 10 heteroatoms. The fraction of sp³-hybridized carbons (Fsp3) is 0.500. The first kappa shape index (κ1) is 16.5. The maximum atomic E-state index is 12.5. The molecule has 1 aliphatic carbocycles. The maximum Gasteiger partial charge on any atom is 0.433 e. The standard InChI is InChI=1S/C12H13F3N4O2S/c1-6(9(20)19-10(21)17-7-2-3-7)22-11-16-5-4-8(18-11)12(13,14)15/h4-7H,2-3H2,1H3,(H2,17,19,20,21). The van der Waals surface area contributed by atoms with Gasteiger partial charge in [-0.1, -0.05) is 11.8 Å². The fourth-order valence-electron chi connectivity index (χ4n) is 1.43. The van der Waals surface area contributed by atoms with Crippen molar-refractivity contribution in [2.24, 2.45) is 0 Å². The van der Waals surface area contributed by atoms with Crippen LogP contribution in [0.15, 0.2) is 17.4 Å². The Morgan fingerprint density at radius 3 is 2.68 bits per heavy atom. The molecule has 1 fully saturated rings. The van der Waals surface area contributed by atoms with Gasteiger partial charge in [0.1, 0.15) is 5.69 Å². The fourth-order valence-corrected chi connectivity index (χ4v) is 2.18. The zero-order valence-electron chi connectivity index (χ0n) is 11.5. The molecule has 0 spiro atoms. The molecule has 0 radical (unpaired) electrons. The second-order valence-corrected chi connectivity index (χ2v) is 6.03. The van der Waals surface area contributed by atoms with Crippen LogP contribution in [0.5, 0.6) is 0 Å². The number of rotatable bonds is 4. The number of imide groups is 1. The van der Waals surface area contributed by atoms with Gasteiger partial charge in [0, 0.05) is 12.2 Å². The molecule has 1 unspecified atom stereocenters. The molecule has 0 saturated heterocycles. The molecule has 120 valence electrons. The first-order valence-electron chi connectivity index (χ1n) is 6.44. The summed E-state index contributed by atoms with van der Waals surface area (Å²) in [6, 6.07) is 0.241. The highest BCUT2D eigenvalue weighted by Gasteiger charge is 2.33. The number of thioether (sulfide) groups is 1. The number of hydrogen-bond acceptors (Lipinski definition) is 5. The number of hydrogen-bond donors (Lipinski definition) is 2. The van der Waals surface area contributed by atoms with Crippen LogP contribution in [0.3, 0.4) is 0 Å². The normalized spacial score (nSPS) is 16.0. The van der Waals surface area contributed by atoms with E-state index in [-0.39, 0.29) is 11.2 Å². The van der Waals surface area contributed by atoms with Gasteiger partial charge in [0.15, 0.2) is 5.16 Å². The lowest BCUT2D eigenvalue weighted by Gasteiger charge is -2.11. The van der Waals surface area contributed by atoms with Gasteiger partial charge in [-0.05, 0) is 25.8 Å². The van der Waals surface area contributed by atoms with Gasteiger partial charge in [0.25, 0.3) is 0 Å². The molecule has 1 aromatic rings. The van der Waals surface area contributed by atoms with Crippen LogP contribution in [0.25, 0.3) is 0 Å². The summed E-state index contributed by atoms with van der Waals surface area (Å²) >= 11 is 0.744. The van der Waals surface area contributed by atoms with Gasteiger partial charge in [0.2, 0.25) is 5.91 Å². The topological polar surface area (TPSA) is 84.0 Å². The van der Waals surface area contributed by atoms with Crippen molar-refractivity contribution < 1.29 is 22.8 Å². The van der Waals surface area contributed by atoms with Gasteiger partial charge < -0.3 is 5.32 Å². The Morgan fingerprint density at radius 2 is 2.09 bits per heavy atom. The number of halogens is 3. The van der Waals surface area contributed by atoms with E-state index in [2.05, 4.69) is 20.6 Å². The van der Waals surface area contributed by atoms with E-state index >= 15 is 0 Å². The van der Waals surface area contributed by atoms with Crippen molar-refractivity contribution in [2.45, 2.75) is 42.4 Å². The molecule has 1 atom stereocenters. The Bertz CT molecular complexity index is 578. The Kier molecular flexibility index (Phi) is 4.89. The minimum atomic E-state index is -4.58. The van der Waals surface area contributed by atoms with Gasteiger partial charge in [-0.15, -0.1) is 0 Å². The van der Waals surface area contributed by atoms with Crippen LogP contribution >= 0.6 is 11.8 Å². The Balaban J connectivity index is 1.91. The van der Waals surface area contributed by atoms with Gasteiger partial charge in [-0.3, -0.25) is 10.1 Å². The number of nitrogens with zero attached hydrogens (tertiary/aromatic N) is 2. The van der Waals surface area contributed by atoms with E-state index in [0.717, 1.165) is 36.9 Å². The average Bonchev–Trinajstić information content (AvgIpc) is 3.21. The molecule has 3 amide bonds. The highest BCUT2D eigenvalue weighted by atomic mass is 32.2. The average molecular weight is 334 g/mol. The largest absolute Gasteiger partial charge is 0.433 e. The Labute approximate surface area is 128 Å². The number of carbonyl (C=O) groups is 2. The van der Waals surface area contributed by atoms with Crippen LogP contribution in [-0.4, -0.2) is 33.2 Å². The molecule has 1 heterocycles. The number of alkyl halides is 3. The Morgan fingerprint density at radius 1 is 1.41 bits per heavy atom. The van der Waals surface area contributed by atoms with Crippen LogP contribution in [0.4, 0.5) is 18.0 Å². The van der Waals surface area contributed by atoms with Crippen molar-refractivity contribution >= 4 is 23.7 Å². The molecular formula is C12H13F3N4O2S. The lowest BCUT2D eigenvalue weighted by Crippen LogP contribution is -2.43. The molecular weight excluding hydrogens is 321 g/mol. The minimum absolute atomic E-state index is 0.0996. The minimum Gasteiger partial charge on any atom is -0.335 e. The first-order chi connectivity index (χ1) is 10.3. The SMILES string of the molecule is CC(Sc1nccc(C(F)(F)F)n1)C(=O)NC(=O)NC1CC1. The summed E-state index contributed by atoms with van der Waals surface area (Å²) in [6.45, 7) is 1.45. The van der Waals surface area contributed by atoms with Crippen LogP contribution in [-0.2, 0) is 11.0 Å². The predicted molar refractivity (Wildman–Crippen MR) is 72.0 cm³/mol. The third kappa shape index (κ3) is 4.86. The summed E-state index contributed by atoms with van der Waals surface area (Å²) in [4.78, 5) is 30.2. The zero-order valence-corrected chi connectivity index (χ0v) is 12.3. The monoisotopic (exact) mass is 334 g/mol. The van der Waals surface area contributed by atoms with E-state index in [0.29, 0.717) is 0 Å². The third-order valence-corrected chi connectivity index (χ3v) is 3.70. The van der Waals surface area contributed by atoms with Crippen molar-refractivity contribution in [3.05, 3.63) is 18.0 Å². The van der Waals surface area contributed by atoms with Crippen LogP contribution in [0, 0.1) is 0 Å². The predicted octanol–water partition coefficient (Wildman–Crippen LogP) is 1.96. The lowest BCUT2D eigenvalue weighted by atomic mass is 10.4. The van der Waals surface area contributed by atoms with Gasteiger partial charge in [-0.25, -0.2) is 14.8 Å². The zero-order chi connectivity index (χ0) is 16.3. The van der Waals surface area contributed by atoms with Gasteiger partial charge >= 0.3 is 12.2 Å². The lowest BCUT2D eigenvalue weighted by molar-refractivity contribution is -0.141. The Hall–Kier alpha value is -1.84. The molecule has 2 rings (SSSR count). The van der Waals surface area contributed by atoms with Gasteiger partial charge in [-0.2, -0.15) is 13.2 Å². The number of aromatic nitrogens is 2. The smallest absolute Gasteiger partial charge is 0.335 e. The second-order valence-electron chi connectivity index (χ2n) is 4.72. The summed E-state index contributed by atoms with van der Waals surface area (Å²) in [6.07, 6.45) is -1.84. The molecule has 1 saturated carbocycles. The molecule has 2 N–H and O–H groups in total. The van der Waals surface area contributed by atoms with E-state index in [9.17, 15) is 22.8 Å².